The fourth-order valence-electron chi connectivity index (χ4n) is 1.77. The van der Waals surface area contributed by atoms with E-state index in [0.29, 0.717) is 0 Å². The van der Waals surface area contributed by atoms with Crippen LogP contribution in [0.15, 0.2) is 36.4 Å². The van der Waals surface area contributed by atoms with Crippen molar-refractivity contribution in [1.82, 2.24) is 4.98 Å². The van der Waals surface area contributed by atoms with Gasteiger partial charge >= 0.3 is 23.1 Å². The third kappa shape index (κ3) is 3.10. The molecule has 2 aromatic carbocycles. The van der Waals surface area contributed by atoms with Gasteiger partial charge in [-0.2, -0.15) is 0 Å². The molecule has 0 N–H and O–H groups in total. The number of fused-ring (bicyclic) bond motifs is 3. The Morgan fingerprint density at radius 2 is 1.18 bits per heavy atom. The van der Waals surface area contributed by atoms with Crippen LogP contribution in [-0.2, 0) is 0 Å². The molecule has 1 heterocycles. The first kappa shape index (κ1) is 16.0. The summed E-state index contributed by atoms with van der Waals surface area (Å²) in [7, 11) is 0. The molecule has 0 spiro atoms. The molecule has 1 nitrogen and oxygen atoms in total. The number of nitrogens with zero attached hydrogens (tertiary/aromatic N) is 1. The van der Waals surface area contributed by atoms with Gasteiger partial charge in [-0.1, -0.05) is 24.3 Å². The van der Waals surface area contributed by atoms with Gasteiger partial charge in [-0.25, -0.2) is 0 Å². The maximum atomic E-state index is 4.59. The summed E-state index contributed by atoms with van der Waals surface area (Å²) in [6, 6.07) is 12.8. The standard InChI is InChI=1S/C12H6I2N.BrH.Mg/c13-7-1-3-11-9(5-7)10-6-8(14)2-4-12(10)15-11;;/h1-6H;1H;/q-1;;+2/p-1. The molecular formula is C12H6BrI2MgN. The Labute approximate surface area is 153 Å². The maximum Gasteiger partial charge on any atom is 2.00 e. The average Bonchev–Trinajstić information content (AvgIpc) is 2.56. The molecule has 0 saturated heterocycles. The predicted molar refractivity (Wildman–Crippen MR) is 86.0 cm³/mol. The number of halogens is 3. The Bertz CT molecular complexity index is 610. The first-order valence-corrected chi connectivity index (χ1v) is 6.71. The molecule has 82 valence electrons. The van der Waals surface area contributed by atoms with Crippen molar-refractivity contribution in [3.8, 4) is 0 Å². The Morgan fingerprint density at radius 1 is 0.765 bits per heavy atom. The van der Waals surface area contributed by atoms with E-state index >= 15 is 0 Å². The van der Waals surface area contributed by atoms with E-state index in [2.05, 4.69) is 86.6 Å². The second kappa shape index (κ2) is 6.40. The van der Waals surface area contributed by atoms with E-state index < -0.39 is 0 Å². The third-order valence-corrected chi connectivity index (χ3v) is 3.79. The minimum Gasteiger partial charge on any atom is -1.00 e. The zero-order valence-electron chi connectivity index (χ0n) is 8.75. The number of aromatic nitrogens is 1. The van der Waals surface area contributed by atoms with Crippen molar-refractivity contribution in [2.45, 2.75) is 0 Å². The molecule has 0 unspecified atom stereocenters. The second-order valence-electron chi connectivity index (χ2n) is 3.43. The molecule has 1 aromatic heterocycles. The van der Waals surface area contributed by atoms with Crippen LogP contribution in [0.4, 0.5) is 0 Å². The van der Waals surface area contributed by atoms with Crippen molar-refractivity contribution in [3.63, 3.8) is 0 Å². The molecule has 0 bridgehead atoms. The van der Waals surface area contributed by atoms with Crippen LogP contribution in [0.2, 0.25) is 0 Å². The number of rotatable bonds is 0. The van der Waals surface area contributed by atoms with Crippen molar-refractivity contribution in [2.24, 2.45) is 0 Å². The van der Waals surface area contributed by atoms with Crippen molar-refractivity contribution >= 4 is 90.0 Å². The zero-order chi connectivity index (χ0) is 10.4. The van der Waals surface area contributed by atoms with E-state index in [4.69, 9.17) is 0 Å². The summed E-state index contributed by atoms with van der Waals surface area (Å²) in [5.41, 5.74) is 2.18. The van der Waals surface area contributed by atoms with Gasteiger partial charge in [0.2, 0.25) is 0 Å². The van der Waals surface area contributed by atoms with Crippen molar-refractivity contribution in [2.75, 3.05) is 0 Å². The largest absolute Gasteiger partial charge is 2.00 e. The van der Waals surface area contributed by atoms with Crippen molar-refractivity contribution in [1.29, 1.82) is 0 Å². The van der Waals surface area contributed by atoms with Crippen molar-refractivity contribution < 1.29 is 17.0 Å². The number of hydrogen-bond acceptors (Lipinski definition) is 0. The summed E-state index contributed by atoms with van der Waals surface area (Å²) in [5, 5.41) is 2.52. The normalized spacial score (nSPS) is 10.0. The molecule has 0 atom stereocenters. The SMILES string of the molecule is Ic1ccc2[n-]c3ccc(I)cc3c2c1.[Br-].[Mg+2]. The molecular weight excluding hydrogens is 516 g/mol. The minimum atomic E-state index is 0. The summed E-state index contributed by atoms with van der Waals surface area (Å²) in [5.74, 6) is 0. The molecule has 0 aliphatic carbocycles. The first-order valence-electron chi connectivity index (χ1n) is 4.55. The van der Waals surface area contributed by atoms with Gasteiger partial charge in [0.05, 0.1) is 0 Å². The molecule has 0 aliphatic rings. The Balaban J connectivity index is 0.000000722. The average molecular weight is 522 g/mol. The van der Waals surface area contributed by atoms with Gasteiger partial charge in [0.25, 0.3) is 0 Å². The summed E-state index contributed by atoms with van der Waals surface area (Å²) in [4.78, 5) is 4.59. The van der Waals surface area contributed by atoms with Crippen LogP contribution >= 0.6 is 45.2 Å². The fourth-order valence-corrected chi connectivity index (χ4v) is 2.76. The van der Waals surface area contributed by atoms with Gasteiger partial charge in [0.1, 0.15) is 0 Å². The Kier molecular flexibility index (Phi) is 6.03. The summed E-state index contributed by atoms with van der Waals surface area (Å²) >= 11 is 4.67. The fraction of sp³-hybridized carbons (Fsp3) is 0. The molecule has 0 saturated carbocycles. The second-order valence-corrected chi connectivity index (χ2v) is 5.93. The third-order valence-electron chi connectivity index (χ3n) is 2.45. The number of benzene rings is 2. The van der Waals surface area contributed by atoms with E-state index in [-0.39, 0.29) is 40.0 Å². The van der Waals surface area contributed by atoms with E-state index in [0.717, 1.165) is 11.0 Å². The quantitative estimate of drug-likeness (QED) is 0.315. The van der Waals surface area contributed by atoms with Crippen LogP contribution < -0.4 is 22.0 Å². The topological polar surface area (TPSA) is 14.1 Å². The monoisotopic (exact) mass is 521 g/mol. The molecule has 3 aromatic rings. The Hall–Kier alpha value is 0.946. The Morgan fingerprint density at radius 3 is 1.59 bits per heavy atom. The van der Waals surface area contributed by atoms with Gasteiger partial charge in [-0.15, -0.1) is 11.0 Å². The van der Waals surface area contributed by atoms with E-state index in [1.54, 1.807) is 0 Å². The molecule has 0 aliphatic heterocycles. The molecule has 17 heavy (non-hydrogen) atoms. The van der Waals surface area contributed by atoms with Crippen LogP contribution in [-0.4, -0.2) is 23.1 Å². The van der Waals surface area contributed by atoms with Gasteiger partial charge in [-0.3, -0.25) is 0 Å². The number of hydrogen-bond donors (Lipinski definition) is 0. The van der Waals surface area contributed by atoms with E-state index in [9.17, 15) is 0 Å². The van der Waals surface area contributed by atoms with Gasteiger partial charge in [0, 0.05) is 7.14 Å². The summed E-state index contributed by atoms with van der Waals surface area (Å²) < 4.78 is 2.52. The summed E-state index contributed by atoms with van der Waals surface area (Å²) in [6.45, 7) is 0. The van der Waals surface area contributed by atoms with Gasteiger partial charge < -0.3 is 22.0 Å². The van der Waals surface area contributed by atoms with E-state index in [1.165, 1.54) is 17.9 Å². The predicted octanol–water partition coefficient (Wildman–Crippen LogP) is 0.783. The van der Waals surface area contributed by atoms with Crippen LogP contribution in [0.3, 0.4) is 0 Å². The molecule has 5 heteroatoms. The van der Waals surface area contributed by atoms with Gasteiger partial charge in [0.15, 0.2) is 0 Å². The molecule has 0 amide bonds. The zero-order valence-corrected chi connectivity index (χ0v) is 16.1. The maximum absolute atomic E-state index is 4.59. The summed E-state index contributed by atoms with van der Waals surface area (Å²) in [6.07, 6.45) is 0. The molecule has 0 radical (unpaired) electrons. The van der Waals surface area contributed by atoms with Crippen LogP contribution in [0, 0.1) is 7.14 Å². The first-order chi connectivity index (χ1) is 7.24. The van der Waals surface area contributed by atoms with Gasteiger partial charge in [-0.05, 0) is 68.1 Å². The van der Waals surface area contributed by atoms with Crippen LogP contribution in [0.1, 0.15) is 0 Å². The van der Waals surface area contributed by atoms with Crippen LogP contribution in [0.25, 0.3) is 21.8 Å². The minimum absolute atomic E-state index is 0. The van der Waals surface area contributed by atoms with Crippen molar-refractivity contribution in [3.05, 3.63) is 43.5 Å². The molecule has 0 fully saturated rings. The van der Waals surface area contributed by atoms with E-state index in [1.807, 2.05) is 0 Å². The van der Waals surface area contributed by atoms with Crippen LogP contribution in [0.5, 0.6) is 0 Å². The smallest absolute Gasteiger partial charge is 1.00 e. The molecule has 3 rings (SSSR count).